The molecule has 0 aliphatic rings. The van der Waals surface area contributed by atoms with Gasteiger partial charge in [-0.25, -0.2) is 0 Å². The number of halogens is 5. The molecule has 0 aliphatic heterocycles. The van der Waals surface area contributed by atoms with Crippen molar-refractivity contribution in [1.29, 1.82) is 0 Å². The van der Waals surface area contributed by atoms with E-state index in [9.17, 15) is 22.4 Å². The zero-order valence-electron chi connectivity index (χ0n) is 12.2. The van der Waals surface area contributed by atoms with E-state index in [0.717, 1.165) is 18.2 Å². The summed E-state index contributed by atoms with van der Waals surface area (Å²) >= 11 is 0. The molecule has 0 aromatic heterocycles. The van der Waals surface area contributed by atoms with Crippen LogP contribution in [0.25, 0.3) is 0 Å². The minimum atomic E-state index is -3.17. The van der Waals surface area contributed by atoms with Gasteiger partial charge >= 0.3 is 13.2 Å². The lowest BCUT2D eigenvalue weighted by atomic mass is 10.2. The molecule has 5 nitrogen and oxygen atoms in total. The third-order valence-electron chi connectivity index (χ3n) is 2.50. The molecule has 10 heteroatoms. The van der Waals surface area contributed by atoms with Crippen molar-refractivity contribution in [2.45, 2.75) is 26.1 Å². The third kappa shape index (κ3) is 8.46. The Balaban J connectivity index is 0.00000484. The molecule has 132 valence electrons. The van der Waals surface area contributed by atoms with Crippen LogP contribution in [0.4, 0.5) is 23.2 Å². The van der Waals surface area contributed by atoms with Crippen molar-refractivity contribution >= 4 is 24.0 Å². The summed E-state index contributed by atoms with van der Waals surface area (Å²) in [5.74, 6) is -1.20. The van der Waals surface area contributed by atoms with E-state index in [2.05, 4.69) is 20.1 Å². The van der Waals surface area contributed by atoms with E-state index in [1.165, 1.54) is 0 Å². The van der Waals surface area contributed by atoms with E-state index in [4.69, 9.17) is 0 Å². The van der Waals surface area contributed by atoms with Crippen LogP contribution in [0.1, 0.15) is 12.8 Å². The second kappa shape index (κ2) is 10.9. The van der Waals surface area contributed by atoms with Crippen LogP contribution in [0.15, 0.2) is 18.2 Å². The topological polar surface area (TPSA) is 59.6 Å². The highest BCUT2D eigenvalue weighted by molar-refractivity contribution is 5.92. The number of nitrogens with one attached hydrogen (secondary N) is 2. The monoisotopic (exact) mass is 360 g/mol. The zero-order valence-corrected chi connectivity index (χ0v) is 13.0. The van der Waals surface area contributed by atoms with E-state index >= 15 is 0 Å². The number of rotatable bonds is 9. The molecule has 23 heavy (non-hydrogen) atoms. The maximum Gasteiger partial charge on any atom is 0.387 e. The molecule has 0 saturated carbocycles. The first kappa shape index (κ1) is 21.3. The lowest BCUT2D eigenvalue weighted by Crippen LogP contribution is -2.16. The molecule has 0 bridgehead atoms. The molecule has 1 aromatic rings. The summed E-state index contributed by atoms with van der Waals surface area (Å²) in [7, 11) is 1.73. The fraction of sp³-hybridized carbons (Fsp3) is 0.462. The van der Waals surface area contributed by atoms with Gasteiger partial charge in [-0.05, 0) is 32.1 Å². The van der Waals surface area contributed by atoms with Crippen molar-refractivity contribution < 1.29 is 31.8 Å². The Morgan fingerprint density at radius 3 is 2.39 bits per heavy atom. The number of benzene rings is 1. The van der Waals surface area contributed by atoms with Gasteiger partial charge in [0.1, 0.15) is 5.75 Å². The SMILES string of the molecule is CNCCCC(=O)Nc1ccc(OC(F)F)cc1OC(F)F.Cl. The predicted molar refractivity (Wildman–Crippen MR) is 78.7 cm³/mol. The van der Waals surface area contributed by atoms with E-state index in [-0.39, 0.29) is 30.3 Å². The summed E-state index contributed by atoms with van der Waals surface area (Å²) in [5.41, 5.74) is -0.0450. The molecule has 0 unspecified atom stereocenters. The van der Waals surface area contributed by atoms with Crippen molar-refractivity contribution in [2.75, 3.05) is 18.9 Å². The normalized spacial score (nSPS) is 10.4. The molecule has 0 atom stereocenters. The van der Waals surface area contributed by atoms with E-state index in [1.54, 1.807) is 7.05 Å². The van der Waals surface area contributed by atoms with Crippen molar-refractivity contribution in [2.24, 2.45) is 0 Å². The van der Waals surface area contributed by atoms with Crippen LogP contribution >= 0.6 is 12.4 Å². The fourth-order valence-electron chi connectivity index (χ4n) is 1.61. The summed E-state index contributed by atoms with van der Waals surface area (Å²) in [5, 5.41) is 5.25. The average Bonchev–Trinajstić information content (AvgIpc) is 2.40. The van der Waals surface area contributed by atoms with Gasteiger partial charge in [-0.1, -0.05) is 0 Å². The quantitative estimate of drug-likeness (QED) is 0.524. The molecule has 0 spiro atoms. The number of ether oxygens (including phenoxy) is 2. The number of anilines is 1. The van der Waals surface area contributed by atoms with E-state index < -0.39 is 24.9 Å². The second-order valence-corrected chi connectivity index (χ2v) is 4.17. The summed E-state index contributed by atoms with van der Waals surface area (Å²) in [6, 6.07) is 3.14. The van der Waals surface area contributed by atoms with Crippen LogP contribution in [0, 0.1) is 0 Å². The first-order valence-corrected chi connectivity index (χ1v) is 6.40. The summed E-state index contributed by atoms with van der Waals surface area (Å²) in [6.07, 6.45) is 0.726. The molecule has 1 rings (SSSR count). The van der Waals surface area contributed by atoms with Crippen molar-refractivity contribution in [3.63, 3.8) is 0 Å². The summed E-state index contributed by atoms with van der Waals surface area (Å²) < 4.78 is 57.2. The number of hydrogen-bond donors (Lipinski definition) is 2. The molecular formula is C13H17ClF4N2O3. The number of carbonyl (C=O) groups excluding carboxylic acids is 1. The molecule has 1 amide bonds. The van der Waals surface area contributed by atoms with Gasteiger partial charge in [-0.2, -0.15) is 17.6 Å². The molecule has 1 aromatic carbocycles. The molecule has 0 fully saturated rings. The average molecular weight is 361 g/mol. The Kier molecular flexibility index (Phi) is 10.1. The highest BCUT2D eigenvalue weighted by Crippen LogP contribution is 2.31. The Morgan fingerprint density at radius 1 is 1.17 bits per heavy atom. The number of alkyl halides is 4. The van der Waals surface area contributed by atoms with Gasteiger partial charge < -0.3 is 20.1 Å². The maximum absolute atomic E-state index is 12.3. The van der Waals surface area contributed by atoms with Gasteiger partial charge in [0, 0.05) is 12.5 Å². The fourth-order valence-corrected chi connectivity index (χ4v) is 1.61. The molecule has 0 radical (unpaired) electrons. The Bertz CT molecular complexity index is 492. The van der Waals surface area contributed by atoms with E-state index in [0.29, 0.717) is 13.0 Å². The predicted octanol–water partition coefficient (Wildman–Crippen LogP) is 3.25. The molecule has 0 aliphatic carbocycles. The van der Waals surface area contributed by atoms with Gasteiger partial charge in [0.15, 0.2) is 5.75 Å². The molecule has 0 saturated heterocycles. The lowest BCUT2D eigenvalue weighted by Gasteiger charge is -2.14. The standard InChI is InChI=1S/C13H16F4N2O3.ClH/c1-18-6-2-3-11(20)19-9-5-4-8(21-12(14)15)7-10(9)22-13(16)17;/h4-5,7,12-13,18H,2-3,6H2,1H3,(H,19,20);1H. The van der Waals surface area contributed by atoms with Crippen LogP contribution in [0.2, 0.25) is 0 Å². The van der Waals surface area contributed by atoms with Crippen LogP contribution in [0.3, 0.4) is 0 Å². The number of hydrogen-bond acceptors (Lipinski definition) is 4. The summed E-state index contributed by atoms with van der Waals surface area (Å²) in [6.45, 7) is -5.64. The van der Waals surface area contributed by atoms with Gasteiger partial charge in [0.25, 0.3) is 0 Å². The van der Waals surface area contributed by atoms with Crippen molar-refractivity contribution in [3.8, 4) is 11.5 Å². The smallest absolute Gasteiger partial charge is 0.387 e. The largest absolute Gasteiger partial charge is 0.435 e. The van der Waals surface area contributed by atoms with E-state index in [1.807, 2.05) is 0 Å². The van der Waals surface area contributed by atoms with Gasteiger partial charge in [0.2, 0.25) is 5.91 Å². The van der Waals surface area contributed by atoms with Crippen LogP contribution < -0.4 is 20.1 Å². The zero-order chi connectivity index (χ0) is 16.5. The Hall–Kier alpha value is -1.74. The Labute approximate surface area is 136 Å². The Morgan fingerprint density at radius 2 is 1.83 bits per heavy atom. The van der Waals surface area contributed by atoms with Crippen LogP contribution in [0.5, 0.6) is 11.5 Å². The summed E-state index contributed by atoms with van der Waals surface area (Å²) in [4.78, 5) is 11.7. The number of carbonyl (C=O) groups is 1. The van der Waals surface area contributed by atoms with Gasteiger partial charge in [0.05, 0.1) is 5.69 Å². The van der Waals surface area contributed by atoms with Gasteiger partial charge in [-0.3, -0.25) is 4.79 Å². The highest BCUT2D eigenvalue weighted by atomic mass is 35.5. The first-order valence-electron chi connectivity index (χ1n) is 6.40. The lowest BCUT2D eigenvalue weighted by molar-refractivity contribution is -0.116. The molecule has 0 heterocycles. The molecular weight excluding hydrogens is 344 g/mol. The molecule has 2 N–H and O–H groups in total. The highest BCUT2D eigenvalue weighted by Gasteiger charge is 2.15. The third-order valence-corrected chi connectivity index (χ3v) is 2.50. The second-order valence-electron chi connectivity index (χ2n) is 4.17. The first-order chi connectivity index (χ1) is 10.4. The van der Waals surface area contributed by atoms with Crippen molar-refractivity contribution in [3.05, 3.63) is 18.2 Å². The van der Waals surface area contributed by atoms with Gasteiger partial charge in [-0.15, -0.1) is 12.4 Å². The van der Waals surface area contributed by atoms with Crippen molar-refractivity contribution in [1.82, 2.24) is 5.32 Å². The van der Waals surface area contributed by atoms with Crippen LogP contribution in [-0.2, 0) is 4.79 Å². The minimum absolute atomic E-state index is 0. The number of amides is 1. The van der Waals surface area contributed by atoms with Crippen LogP contribution in [-0.4, -0.2) is 32.7 Å². The maximum atomic E-state index is 12.3. The minimum Gasteiger partial charge on any atom is -0.435 e.